The number of benzene rings is 2. The van der Waals surface area contributed by atoms with E-state index in [2.05, 4.69) is 26.2 Å². The van der Waals surface area contributed by atoms with Gasteiger partial charge in [-0.25, -0.2) is 0 Å². The van der Waals surface area contributed by atoms with Gasteiger partial charge in [0.1, 0.15) is 5.75 Å². The molecule has 4 N–H and O–H groups in total. The Morgan fingerprint density at radius 3 is 2.48 bits per heavy atom. The zero-order chi connectivity index (χ0) is 23.0. The Morgan fingerprint density at radius 2 is 1.87 bits per heavy atom. The van der Waals surface area contributed by atoms with Gasteiger partial charge in [0, 0.05) is 27.2 Å². The molecule has 1 heterocycles. The van der Waals surface area contributed by atoms with Gasteiger partial charge in [0.25, 0.3) is 0 Å². The number of pyridine rings is 1. The van der Waals surface area contributed by atoms with Crippen LogP contribution in [0.3, 0.4) is 0 Å². The molecule has 0 saturated carbocycles. The third kappa shape index (κ3) is 4.62. The molecule has 0 aliphatic heterocycles. The average molecular weight is 497 g/mol. The molecule has 0 spiro atoms. The highest BCUT2D eigenvalue weighted by atomic mass is 79.9. The summed E-state index contributed by atoms with van der Waals surface area (Å²) in [5.41, 5.74) is -2.96. The fraction of sp³-hybridized carbons (Fsp3) is 0.227. The van der Waals surface area contributed by atoms with E-state index in [1.807, 2.05) is 0 Å². The van der Waals surface area contributed by atoms with Crippen LogP contribution in [-0.2, 0) is 0 Å². The average Bonchev–Trinajstić information content (AvgIpc) is 2.65. The van der Waals surface area contributed by atoms with Gasteiger partial charge < -0.3 is 20.5 Å². The number of alkyl halides is 3. The van der Waals surface area contributed by atoms with Crippen LogP contribution in [0.5, 0.6) is 5.75 Å². The highest BCUT2D eigenvalue weighted by molar-refractivity contribution is 9.10. The first-order valence-corrected chi connectivity index (χ1v) is 10.0. The summed E-state index contributed by atoms with van der Waals surface area (Å²) < 4.78 is 43.1. The van der Waals surface area contributed by atoms with Crippen molar-refractivity contribution in [3.63, 3.8) is 0 Å². The van der Waals surface area contributed by atoms with Crippen molar-refractivity contribution in [1.29, 1.82) is 0 Å². The van der Waals surface area contributed by atoms with Gasteiger partial charge in [0.15, 0.2) is 0 Å². The van der Waals surface area contributed by atoms with Crippen LogP contribution in [0.4, 0.5) is 18.9 Å². The number of allylic oxidation sites excluding steroid dienone is 1. The van der Waals surface area contributed by atoms with E-state index in [0.29, 0.717) is 15.4 Å². The largest absolute Gasteiger partial charge is 0.508 e. The number of H-pyrrole nitrogens is 1. The summed E-state index contributed by atoms with van der Waals surface area (Å²) in [6, 6.07) is 9.67. The molecule has 2 unspecified atom stereocenters. The number of hydrogen-bond acceptors (Lipinski definition) is 4. The molecule has 5 nitrogen and oxygen atoms in total. The van der Waals surface area contributed by atoms with E-state index >= 15 is 0 Å². The monoisotopic (exact) mass is 496 g/mol. The first-order valence-electron chi connectivity index (χ1n) is 9.24. The molecule has 3 rings (SSSR count). The molecule has 2 atom stereocenters. The molecule has 31 heavy (non-hydrogen) atoms. The quantitative estimate of drug-likeness (QED) is 0.356. The minimum Gasteiger partial charge on any atom is -0.508 e. The van der Waals surface area contributed by atoms with E-state index in [-0.39, 0.29) is 22.4 Å². The van der Waals surface area contributed by atoms with Gasteiger partial charge in [-0.1, -0.05) is 33.6 Å². The van der Waals surface area contributed by atoms with Crippen molar-refractivity contribution in [2.45, 2.75) is 31.7 Å². The molecule has 0 radical (unpaired) electrons. The van der Waals surface area contributed by atoms with Crippen LogP contribution in [-0.4, -0.2) is 27.0 Å². The Labute approximate surface area is 184 Å². The van der Waals surface area contributed by atoms with Crippen molar-refractivity contribution in [3.05, 3.63) is 80.6 Å². The van der Waals surface area contributed by atoms with Crippen molar-refractivity contribution in [2.24, 2.45) is 0 Å². The third-order valence-electron chi connectivity index (χ3n) is 4.77. The normalized spacial score (nSPS) is 14.7. The topological polar surface area (TPSA) is 85.4 Å². The Bertz CT molecular complexity index is 1200. The number of aliphatic hydroxyl groups is 1. The fourth-order valence-electron chi connectivity index (χ4n) is 3.42. The number of aromatic hydroxyl groups is 1. The smallest absolute Gasteiger partial charge is 0.423 e. The SMILES string of the molecule is CC(C)=CC(O)(C(Nc1cccc2[nH]c(=O)ccc12)c1ccc(Br)cc1O)C(F)(F)F. The summed E-state index contributed by atoms with van der Waals surface area (Å²) in [4.78, 5) is 14.2. The molecule has 0 bridgehead atoms. The van der Waals surface area contributed by atoms with E-state index in [0.717, 1.165) is 6.08 Å². The van der Waals surface area contributed by atoms with Gasteiger partial charge in [-0.2, -0.15) is 13.2 Å². The van der Waals surface area contributed by atoms with Crippen LogP contribution >= 0.6 is 15.9 Å². The number of rotatable bonds is 5. The van der Waals surface area contributed by atoms with Crippen LogP contribution < -0.4 is 10.9 Å². The van der Waals surface area contributed by atoms with Crippen molar-refractivity contribution in [1.82, 2.24) is 4.98 Å². The summed E-state index contributed by atoms with van der Waals surface area (Å²) in [6.45, 7) is 2.88. The lowest BCUT2D eigenvalue weighted by Crippen LogP contribution is -2.51. The lowest BCUT2D eigenvalue weighted by atomic mass is 9.85. The number of hydrogen-bond donors (Lipinski definition) is 4. The van der Waals surface area contributed by atoms with Gasteiger partial charge >= 0.3 is 6.18 Å². The summed E-state index contributed by atoms with van der Waals surface area (Å²) in [5.74, 6) is -0.426. The number of aromatic amines is 1. The van der Waals surface area contributed by atoms with Gasteiger partial charge in [0.05, 0.1) is 11.6 Å². The second-order valence-corrected chi connectivity index (χ2v) is 8.33. The highest BCUT2D eigenvalue weighted by Gasteiger charge is 2.58. The number of nitrogens with one attached hydrogen (secondary N) is 2. The lowest BCUT2D eigenvalue weighted by molar-refractivity contribution is -0.246. The van der Waals surface area contributed by atoms with Crippen LogP contribution in [0.15, 0.2) is 69.4 Å². The first-order chi connectivity index (χ1) is 14.4. The summed E-state index contributed by atoms with van der Waals surface area (Å²) in [7, 11) is 0. The number of phenols is 1. The maximum Gasteiger partial charge on any atom is 0.423 e. The Balaban J connectivity index is 2.27. The van der Waals surface area contributed by atoms with Crippen LogP contribution in [0, 0.1) is 0 Å². The van der Waals surface area contributed by atoms with E-state index in [9.17, 15) is 28.2 Å². The lowest BCUT2D eigenvalue weighted by Gasteiger charge is -2.37. The molecular weight excluding hydrogens is 477 g/mol. The zero-order valence-electron chi connectivity index (χ0n) is 16.6. The maximum absolute atomic E-state index is 14.2. The van der Waals surface area contributed by atoms with E-state index in [4.69, 9.17) is 0 Å². The zero-order valence-corrected chi connectivity index (χ0v) is 18.2. The summed E-state index contributed by atoms with van der Waals surface area (Å²) in [5, 5.41) is 24.6. The number of aromatic nitrogens is 1. The summed E-state index contributed by atoms with van der Waals surface area (Å²) in [6.07, 6.45) is -4.35. The summed E-state index contributed by atoms with van der Waals surface area (Å²) >= 11 is 3.17. The Kier molecular flexibility index (Phi) is 6.20. The van der Waals surface area contributed by atoms with Crippen LogP contribution in [0.25, 0.3) is 10.9 Å². The van der Waals surface area contributed by atoms with E-state index in [1.165, 1.54) is 50.2 Å². The van der Waals surface area contributed by atoms with Crippen molar-refractivity contribution >= 4 is 32.5 Å². The molecule has 0 aliphatic carbocycles. The second-order valence-electron chi connectivity index (χ2n) is 7.41. The minimum absolute atomic E-state index is 0.151. The molecule has 9 heteroatoms. The van der Waals surface area contributed by atoms with Gasteiger partial charge in [-0.05, 0) is 50.3 Å². The maximum atomic E-state index is 14.2. The van der Waals surface area contributed by atoms with Crippen LogP contribution in [0.2, 0.25) is 0 Å². The van der Waals surface area contributed by atoms with Crippen molar-refractivity contribution in [3.8, 4) is 5.75 Å². The van der Waals surface area contributed by atoms with Gasteiger partial charge in [-0.15, -0.1) is 0 Å². The molecule has 0 amide bonds. The Morgan fingerprint density at radius 1 is 1.16 bits per heavy atom. The molecule has 1 aromatic heterocycles. The molecule has 2 aromatic carbocycles. The number of halogens is 4. The molecule has 0 aliphatic rings. The van der Waals surface area contributed by atoms with Crippen LogP contribution in [0.1, 0.15) is 25.5 Å². The number of fused-ring (bicyclic) bond motifs is 1. The fourth-order valence-corrected chi connectivity index (χ4v) is 3.77. The van der Waals surface area contributed by atoms with Gasteiger partial charge in [0.2, 0.25) is 11.2 Å². The second kappa shape index (κ2) is 8.39. The molecule has 164 valence electrons. The number of anilines is 1. The molecular formula is C22H20BrF3N2O3. The van der Waals surface area contributed by atoms with Gasteiger partial charge in [-0.3, -0.25) is 4.79 Å². The molecule has 0 saturated heterocycles. The predicted molar refractivity (Wildman–Crippen MR) is 117 cm³/mol. The third-order valence-corrected chi connectivity index (χ3v) is 5.26. The standard InChI is InChI=1S/C22H20BrF3N2O3/c1-12(2)11-21(31,22(24,25)26)20(15-7-6-13(23)10-18(15)29)28-17-5-3-4-16-14(17)8-9-19(30)27-16/h3-11,20,28-29,31H,1-2H3,(H,27,30). The van der Waals surface area contributed by atoms with E-state index in [1.54, 1.807) is 12.1 Å². The first kappa shape index (κ1) is 22.9. The Hall–Kier alpha value is -2.78. The predicted octanol–water partition coefficient (Wildman–Crippen LogP) is 5.41. The minimum atomic E-state index is -5.07. The van der Waals surface area contributed by atoms with Crippen molar-refractivity contribution < 1.29 is 23.4 Å². The van der Waals surface area contributed by atoms with E-state index < -0.39 is 23.6 Å². The molecule has 0 fully saturated rings. The highest BCUT2D eigenvalue weighted by Crippen LogP contribution is 2.46. The number of phenolic OH excluding ortho intramolecular Hbond substituents is 1. The van der Waals surface area contributed by atoms with Crippen molar-refractivity contribution in [2.75, 3.05) is 5.32 Å². The molecule has 3 aromatic rings.